The predicted molar refractivity (Wildman–Crippen MR) is 116 cm³/mol. The average Bonchev–Trinajstić information content (AvgIpc) is 2.73. The molecule has 11 nitrogen and oxygen atoms in total. The maximum atomic E-state index is 11.6. The summed E-state index contributed by atoms with van der Waals surface area (Å²) >= 11 is 0. The molecule has 190 valence electrons. The molecule has 32 heavy (non-hydrogen) atoms. The van der Waals surface area contributed by atoms with E-state index in [1.807, 2.05) is 13.8 Å². The molecular formula is C21H42N2O9. The van der Waals surface area contributed by atoms with Crippen LogP contribution in [0.5, 0.6) is 0 Å². The monoisotopic (exact) mass is 466 g/mol. The number of carbonyl (C=O) groups excluding carboxylic acids is 2. The van der Waals surface area contributed by atoms with E-state index in [2.05, 4.69) is 24.5 Å². The van der Waals surface area contributed by atoms with Gasteiger partial charge in [-0.15, -0.1) is 0 Å². The molecule has 0 aromatic rings. The van der Waals surface area contributed by atoms with Crippen LogP contribution >= 0.6 is 0 Å². The van der Waals surface area contributed by atoms with Gasteiger partial charge in [0.15, 0.2) is 20.4 Å². The fourth-order valence-electron chi connectivity index (χ4n) is 2.06. The van der Waals surface area contributed by atoms with Gasteiger partial charge in [-0.25, -0.2) is 0 Å². The topological polar surface area (TPSA) is 123 Å². The van der Waals surface area contributed by atoms with E-state index in [1.54, 1.807) is 0 Å². The maximum Gasteiger partial charge on any atom is 0.220 e. The molecule has 0 rings (SSSR count). The number of amides is 2. The first-order chi connectivity index (χ1) is 15.4. The van der Waals surface area contributed by atoms with Crippen molar-refractivity contribution in [2.45, 2.75) is 53.0 Å². The van der Waals surface area contributed by atoms with E-state index >= 15 is 0 Å². The van der Waals surface area contributed by atoms with E-state index in [4.69, 9.17) is 33.2 Å². The fraction of sp³-hybridized carbons (Fsp3) is 0.905. The summed E-state index contributed by atoms with van der Waals surface area (Å²) in [6.07, 6.45) is 1.33. The summed E-state index contributed by atoms with van der Waals surface area (Å²) < 4.78 is 36.2. The van der Waals surface area contributed by atoms with Crippen LogP contribution in [0.15, 0.2) is 0 Å². The molecule has 0 aliphatic rings. The zero-order chi connectivity index (χ0) is 23.9. The Morgan fingerprint density at radius 1 is 0.625 bits per heavy atom. The van der Waals surface area contributed by atoms with E-state index in [9.17, 15) is 9.59 Å². The molecule has 0 aliphatic carbocycles. The Hall–Kier alpha value is -1.34. The number of rotatable bonds is 23. The molecule has 0 heterocycles. The molecular weight excluding hydrogens is 424 g/mol. The van der Waals surface area contributed by atoms with Crippen molar-refractivity contribution in [3.05, 3.63) is 0 Å². The van der Waals surface area contributed by atoms with Gasteiger partial charge in [0.25, 0.3) is 0 Å². The first kappa shape index (κ1) is 30.7. The Bertz CT molecular complexity index is 451. The van der Waals surface area contributed by atoms with Gasteiger partial charge in [-0.3, -0.25) is 9.59 Å². The van der Waals surface area contributed by atoms with Crippen LogP contribution in [0.3, 0.4) is 0 Å². The molecule has 0 unspecified atom stereocenters. The minimum atomic E-state index is -0.178. The van der Waals surface area contributed by atoms with Crippen LogP contribution in [0, 0.1) is 5.92 Å². The number of hydrogen-bond donors (Lipinski definition) is 2. The lowest BCUT2D eigenvalue weighted by Crippen LogP contribution is -2.32. The quantitative estimate of drug-likeness (QED) is 0.170. The molecule has 0 bridgehead atoms. The molecule has 0 saturated heterocycles. The molecule has 0 aliphatic heterocycles. The molecule has 2 amide bonds. The predicted octanol–water partition coefficient (Wildman–Crippen LogP) is 1.36. The summed E-state index contributed by atoms with van der Waals surface area (Å²) in [5.74, 6) is 0.302. The van der Waals surface area contributed by atoms with Crippen LogP contribution in [0.1, 0.15) is 47.0 Å². The highest BCUT2D eigenvalue weighted by atomic mass is 16.8. The van der Waals surface area contributed by atoms with Crippen molar-refractivity contribution in [2.75, 3.05) is 66.9 Å². The third-order valence-electron chi connectivity index (χ3n) is 3.64. The van der Waals surface area contributed by atoms with Crippen LogP contribution in [-0.4, -0.2) is 84.8 Å². The Morgan fingerprint density at radius 3 is 1.69 bits per heavy atom. The Morgan fingerprint density at radius 2 is 1.12 bits per heavy atom. The van der Waals surface area contributed by atoms with Crippen LogP contribution < -0.4 is 10.6 Å². The third kappa shape index (κ3) is 24.9. The molecule has 0 aromatic carbocycles. The standard InChI is InChI=1S/C21H42N2O9/c1-18(2)7-9-27-13-29-15-31-17-32-16-30-14-28-12-11-26-10-8-22-20(24)5-6-21(25)23-19(3)4/h18-19H,5-17H2,1-4H3,(H,22,24)(H,23,25). The van der Waals surface area contributed by atoms with Crippen LogP contribution in [0.25, 0.3) is 0 Å². The van der Waals surface area contributed by atoms with Crippen molar-refractivity contribution < 1.29 is 42.7 Å². The lowest BCUT2D eigenvalue weighted by Gasteiger charge is -2.10. The number of ether oxygens (including phenoxy) is 7. The largest absolute Gasteiger partial charge is 0.377 e. The van der Waals surface area contributed by atoms with Gasteiger partial charge in [-0.05, 0) is 26.2 Å². The third-order valence-corrected chi connectivity index (χ3v) is 3.64. The Kier molecular flexibility index (Phi) is 21.9. The van der Waals surface area contributed by atoms with Crippen molar-refractivity contribution >= 4 is 11.8 Å². The molecule has 11 heteroatoms. The van der Waals surface area contributed by atoms with Gasteiger partial charge in [0.2, 0.25) is 11.8 Å². The average molecular weight is 467 g/mol. The van der Waals surface area contributed by atoms with Gasteiger partial charge in [-0.2, -0.15) is 0 Å². The van der Waals surface area contributed by atoms with Gasteiger partial charge in [0.05, 0.1) is 19.8 Å². The molecule has 2 N–H and O–H groups in total. The second-order valence-electron chi connectivity index (χ2n) is 7.59. The highest BCUT2D eigenvalue weighted by Gasteiger charge is 2.07. The lowest BCUT2D eigenvalue weighted by molar-refractivity contribution is -0.206. The number of hydrogen-bond acceptors (Lipinski definition) is 9. The second-order valence-corrected chi connectivity index (χ2v) is 7.59. The van der Waals surface area contributed by atoms with Crippen LogP contribution in [-0.2, 0) is 42.7 Å². The highest BCUT2D eigenvalue weighted by Crippen LogP contribution is 1.98. The number of carbonyl (C=O) groups is 2. The van der Waals surface area contributed by atoms with E-state index in [-0.39, 0.29) is 64.7 Å². The molecule has 0 spiro atoms. The zero-order valence-electron chi connectivity index (χ0n) is 20.0. The minimum Gasteiger partial charge on any atom is -0.377 e. The van der Waals surface area contributed by atoms with E-state index in [1.165, 1.54) is 0 Å². The molecule has 0 saturated carbocycles. The highest BCUT2D eigenvalue weighted by molar-refractivity contribution is 5.83. The zero-order valence-corrected chi connectivity index (χ0v) is 20.0. The van der Waals surface area contributed by atoms with Crippen molar-refractivity contribution in [1.29, 1.82) is 0 Å². The van der Waals surface area contributed by atoms with Gasteiger partial charge in [-0.1, -0.05) is 13.8 Å². The summed E-state index contributed by atoms with van der Waals surface area (Å²) in [5.41, 5.74) is 0. The Labute approximate surface area is 191 Å². The van der Waals surface area contributed by atoms with Gasteiger partial charge >= 0.3 is 0 Å². The van der Waals surface area contributed by atoms with E-state index in [0.29, 0.717) is 38.9 Å². The summed E-state index contributed by atoms with van der Waals surface area (Å²) in [6.45, 7) is 10.6. The van der Waals surface area contributed by atoms with Gasteiger partial charge in [0.1, 0.15) is 13.6 Å². The summed E-state index contributed by atoms with van der Waals surface area (Å²) in [6, 6.07) is 0.0723. The van der Waals surface area contributed by atoms with Gasteiger partial charge in [0, 0.05) is 32.0 Å². The maximum absolute atomic E-state index is 11.6. The molecule has 0 fully saturated rings. The number of nitrogens with one attached hydrogen (secondary N) is 2. The normalized spacial score (nSPS) is 11.3. The van der Waals surface area contributed by atoms with E-state index in [0.717, 1.165) is 6.42 Å². The molecule has 0 radical (unpaired) electrons. The minimum absolute atomic E-state index is 0.0347. The van der Waals surface area contributed by atoms with Crippen molar-refractivity contribution in [3.63, 3.8) is 0 Å². The van der Waals surface area contributed by atoms with Gasteiger partial charge < -0.3 is 43.8 Å². The Balaban J connectivity index is 3.19. The SMILES string of the molecule is CC(C)CCOCOCOCOCOCOCCOCCNC(=O)CCC(=O)NC(C)C. The molecule has 0 aromatic heterocycles. The smallest absolute Gasteiger partial charge is 0.220 e. The lowest BCUT2D eigenvalue weighted by atomic mass is 10.1. The fourth-order valence-corrected chi connectivity index (χ4v) is 2.06. The van der Waals surface area contributed by atoms with Crippen LogP contribution in [0.2, 0.25) is 0 Å². The second kappa shape index (κ2) is 22.8. The van der Waals surface area contributed by atoms with Crippen molar-refractivity contribution in [1.82, 2.24) is 10.6 Å². The summed E-state index contributed by atoms with van der Waals surface area (Å²) in [4.78, 5) is 23.1. The summed E-state index contributed by atoms with van der Waals surface area (Å²) in [7, 11) is 0. The first-order valence-electron chi connectivity index (χ1n) is 11.0. The first-order valence-corrected chi connectivity index (χ1v) is 11.0. The van der Waals surface area contributed by atoms with E-state index < -0.39 is 0 Å². The molecule has 0 atom stereocenters. The van der Waals surface area contributed by atoms with Crippen LogP contribution in [0.4, 0.5) is 0 Å². The van der Waals surface area contributed by atoms with Crippen molar-refractivity contribution in [3.8, 4) is 0 Å². The van der Waals surface area contributed by atoms with Crippen molar-refractivity contribution in [2.24, 2.45) is 5.92 Å². The summed E-state index contributed by atoms with van der Waals surface area (Å²) in [5, 5.41) is 5.43.